The quantitative estimate of drug-likeness (QED) is 0.715. The molecule has 1 N–H and O–H groups in total. The molecule has 3 aromatic rings. The SMILES string of the molecule is O=C(NCCc1ccc(F)cc1)c1cccc(Oc2ccccc2)c1. The van der Waals surface area contributed by atoms with E-state index in [1.807, 2.05) is 36.4 Å². The second kappa shape index (κ2) is 8.11. The highest BCUT2D eigenvalue weighted by atomic mass is 19.1. The molecular formula is C21H18FNO2. The predicted octanol–water partition coefficient (Wildman–Crippen LogP) is 4.59. The average molecular weight is 335 g/mol. The maximum atomic E-state index is 12.9. The van der Waals surface area contributed by atoms with Crippen LogP contribution in [0, 0.1) is 5.82 Å². The number of rotatable bonds is 6. The zero-order chi connectivity index (χ0) is 17.5. The summed E-state index contributed by atoms with van der Waals surface area (Å²) < 4.78 is 18.6. The van der Waals surface area contributed by atoms with E-state index in [9.17, 15) is 9.18 Å². The van der Waals surface area contributed by atoms with Crippen LogP contribution in [0.5, 0.6) is 11.5 Å². The highest BCUT2D eigenvalue weighted by molar-refractivity contribution is 5.94. The number of amides is 1. The molecule has 0 unspecified atom stereocenters. The van der Waals surface area contributed by atoms with Crippen LogP contribution in [-0.2, 0) is 6.42 Å². The molecule has 0 heterocycles. The number of hydrogen-bond acceptors (Lipinski definition) is 2. The summed E-state index contributed by atoms with van der Waals surface area (Å²) in [6.45, 7) is 0.480. The lowest BCUT2D eigenvalue weighted by Crippen LogP contribution is -2.25. The molecule has 0 radical (unpaired) electrons. The molecule has 126 valence electrons. The van der Waals surface area contributed by atoms with Crippen molar-refractivity contribution in [2.24, 2.45) is 0 Å². The first-order valence-electron chi connectivity index (χ1n) is 8.06. The lowest BCUT2D eigenvalue weighted by Gasteiger charge is -2.08. The van der Waals surface area contributed by atoms with Gasteiger partial charge in [0.15, 0.2) is 0 Å². The average Bonchev–Trinajstić information content (AvgIpc) is 2.64. The number of hydrogen-bond donors (Lipinski definition) is 1. The molecule has 0 aromatic heterocycles. The third kappa shape index (κ3) is 4.91. The van der Waals surface area contributed by atoms with Gasteiger partial charge in [0.1, 0.15) is 17.3 Å². The maximum Gasteiger partial charge on any atom is 0.251 e. The van der Waals surface area contributed by atoms with Crippen molar-refractivity contribution in [3.05, 3.63) is 95.8 Å². The summed E-state index contributed by atoms with van der Waals surface area (Å²) in [7, 11) is 0. The fourth-order valence-corrected chi connectivity index (χ4v) is 2.40. The molecule has 1 amide bonds. The van der Waals surface area contributed by atoms with Crippen LogP contribution in [0.4, 0.5) is 4.39 Å². The Hall–Kier alpha value is -3.14. The van der Waals surface area contributed by atoms with Gasteiger partial charge >= 0.3 is 0 Å². The van der Waals surface area contributed by atoms with Gasteiger partial charge in [-0.05, 0) is 54.4 Å². The molecule has 0 aliphatic heterocycles. The summed E-state index contributed by atoms with van der Waals surface area (Å²) in [6, 6.07) is 22.7. The fourth-order valence-electron chi connectivity index (χ4n) is 2.40. The monoisotopic (exact) mass is 335 g/mol. The summed E-state index contributed by atoms with van der Waals surface area (Å²) >= 11 is 0. The number of halogens is 1. The van der Waals surface area contributed by atoms with Crippen molar-refractivity contribution in [1.29, 1.82) is 0 Å². The zero-order valence-corrected chi connectivity index (χ0v) is 13.6. The van der Waals surface area contributed by atoms with Gasteiger partial charge in [0, 0.05) is 12.1 Å². The number of carbonyl (C=O) groups is 1. The summed E-state index contributed by atoms with van der Waals surface area (Å²) in [4.78, 5) is 12.3. The van der Waals surface area contributed by atoms with Crippen molar-refractivity contribution < 1.29 is 13.9 Å². The van der Waals surface area contributed by atoms with Gasteiger partial charge in [-0.3, -0.25) is 4.79 Å². The molecule has 0 saturated carbocycles. The summed E-state index contributed by atoms with van der Waals surface area (Å²) in [5.41, 5.74) is 1.51. The highest BCUT2D eigenvalue weighted by Gasteiger charge is 2.07. The van der Waals surface area contributed by atoms with E-state index in [2.05, 4.69) is 5.32 Å². The molecule has 3 nitrogen and oxygen atoms in total. The van der Waals surface area contributed by atoms with E-state index in [0.29, 0.717) is 24.3 Å². The molecule has 3 aromatic carbocycles. The van der Waals surface area contributed by atoms with Gasteiger partial charge in [0.2, 0.25) is 0 Å². The summed E-state index contributed by atoms with van der Waals surface area (Å²) in [6.07, 6.45) is 0.645. The number of nitrogens with one attached hydrogen (secondary N) is 1. The van der Waals surface area contributed by atoms with Gasteiger partial charge in [-0.2, -0.15) is 0 Å². The van der Waals surface area contributed by atoms with Crippen molar-refractivity contribution in [2.45, 2.75) is 6.42 Å². The van der Waals surface area contributed by atoms with Gasteiger partial charge in [0.05, 0.1) is 0 Å². The molecule has 0 fully saturated rings. The molecule has 0 aliphatic carbocycles. The Bertz CT molecular complexity index is 832. The van der Waals surface area contributed by atoms with Crippen molar-refractivity contribution in [2.75, 3.05) is 6.54 Å². The van der Waals surface area contributed by atoms with Gasteiger partial charge in [-0.15, -0.1) is 0 Å². The van der Waals surface area contributed by atoms with Crippen molar-refractivity contribution in [3.63, 3.8) is 0 Å². The van der Waals surface area contributed by atoms with E-state index in [1.165, 1.54) is 12.1 Å². The number of benzene rings is 3. The molecule has 25 heavy (non-hydrogen) atoms. The Morgan fingerprint density at radius 1 is 0.880 bits per heavy atom. The van der Waals surface area contributed by atoms with E-state index < -0.39 is 0 Å². The van der Waals surface area contributed by atoms with Crippen molar-refractivity contribution in [1.82, 2.24) is 5.32 Å². The topological polar surface area (TPSA) is 38.3 Å². The first kappa shape index (κ1) is 16.7. The molecule has 0 bridgehead atoms. The van der Waals surface area contributed by atoms with E-state index >= 15 is 0 Å². The third-order valence-corrected chi connectivity index (χ3v) is 3.69. The van der Waals surface area contributed by atoms with E-state index in [1.54, 1.807) is 30.3 Å². The molecule has 4 heteroatoms. The maximum absolute atomic E-state index is 12.9. The minimum absolute atomic E-state index is 0.166. The van der Waals surface area contributed by atoms with Crippen LogP contribution < -0.4 is 10.1 Å². The Balaban J connectivity index is 1.56. The third-order valence-electron chi connectivity index (χ3n) is 3.69. The van der Waals surface area contributed by atoms with E-state index in [-0.39, 0.29) is 11.7 Å². The molecule has 3 rings (SSSR count). The largest absolute Gasteiger partial charge is 0.457 e. The lowest BCUT2D eigenvalue weighted by atomic mass is 10.1. The number of para-hydroxylation sites is 1. The molecular weight excluding hydrogens is 317 g/mol. The van der Waals surface area contributed by atoms with E-state index in [0.717, 1.165) is 11.3 Å². The minimum Gasteiger partial charge on any atom is -0.457 e. The van der Waals surface area contributed by atoms with Gasteiger partial charge in [0.25, 0.3) is 5.91 Å². The van der Waals surface area contributed by atoms with Gasteiger partial charge in [-0.1, -0.05) is 36.4 Å². The zero-order valence-electron chi connectivity index (χ0n) is 13.6. The van der Waals surface area contributed by atoms with E-state index in [4.69, 9.17) is 4.74 Å². The first-order chi connectivity index (χ1) is 12.2. The van der Waals surface area contributed by atoms with Gasteiger partial charge < -0.3 is 10.1 Å². The van der Waals surface area contributed by atoms with Crippen LogP contribution >= 0.6 is 0 Å². The van der Waals surface area contributed by atoms with Crippen LogP contribution in [-0.4, -0.2) is 12.5 Å². The van der Waals surface area contributed by atoms with Crippen LogP contribution in [0.25, 0.3) is 0 Å². The minimum atomic E-state index is -0.261. The Morgan fingerprint density at radius 3 is 2.36 bits per heavy atom. The fraction of sp³-hybridized carbons (Fsp3) is 0.0952. The van der Waals surface area contributed by atoms with Crippen LogP contribution in [0.2, 0.25) is 0 Å². The van der Waals surface area contributed by atoms with Crippen molar-refractivity contribution >= 4 is 5.91 Å². The van der Waals surface area contributed by atoms with Crippen molar-refractivity contribution in [3.8, 4) is 11.5 Å². The second-order valence-electron chi connectivity index (χ2n) is 5.58. The molecule has 0 spiro atoms. The van der Waals surface area contributed by atoms with Crippen LogP contribution in [0.3, 0.4) is 0 Å². The Labute approximate surface area is 146 Å². The normalized spacial score (nSPS) is 10.3. The van der Waals surface area contributed by atoms with Crippen LogP contribution in [0.1, 0.15) is 15.9 Å². The Kier molecular flexibility index (Phi) is 5.42. The standard InChI is InChI=1S/C21H18FNO2/c22-18-11-9-16(10-12-18)13-14-23-21(24)17-5-4-8-20(15-17)25-19-6-2-1-3-7-19/h1-12,15H,13-14H2,(H,23,24). The molecule has 0 saturated heterocycles. The highest BCUT2D eigenvalue weighted by Crippen LogP contribution is 2.21. The number of carbonyl (C=O) groups excluding carboxylic acids is 1. The molecule has 0 atom stereocenters. The molecule has 0 aliphatic rings. The first-order valence-corrected chi connectivity index (χ1v) is 8.06. The smallest absolute Gasteiger partial charge is 0.251 e. The summed E-state index contributed by atoms with van der Waals surface area (Å²) in [5, 5.41) is 2.86. The Morgan fingerprint density at radius 2 is 1.60 bits per heavy atom. The summed E-state index contributed by atoms with van der Waals surface area (Å²) in [5.74, 6) is 0.900. The second-order valence-corrected chi connectivity index (χ2v) is 5.58. The predicted molar refractivity (Wildman–Crippen MR) is 95.4 cm³/mol. The van der Waals surface area contributed by atoms with Crippen LogP contribution in [0.15, 0.2) is 78.9 Å². The van der Waals surface area contributed by atoms with Gasteiger partial charge in [-0.25, -0.2) is 4.39 Å². The number of ether oxygens (including phenoxy) is 1. The lowest BCUT2D eigenvalue weighted by molar-refractivity contribution is 0.0954.